The summed E-state index contributed by atoms with van der Waals surface area (Å²) < 4.78 is 0. The van der Waals surface area contributed by atoms with Crippen LogP contribution >= 0.6 is 0 Å². The van der Waals surface area contributed by atoms with Crippen LogP contribution in [0.2, 0.25) is 0 Å². The molecular formula is C23H38N6O5. The van der Waals surface area contributed by atoms with Gasteiger partial charge in [0.25, 0.3) is 0 Å². The molecule has 0 spiro atoms. The smallest absolute Gasteiger partial charge is 0.326 e. The number of nitrogens with one attached hydrogen (secondary N) is 5. The van der Waals surface area contributed by atoms with E-state index in [1.807, 2.05) is 20.8 Å². The summed E-state index contributed by atoms with van der Waals surface area (Å²) in [7, 11) is 0. The third-order valence-electron chi connectivity index (χ3n) is 6.11. The number of rotatable bonds is 13. The van der Waals surface area contributed by atoms with E-state index in [1.165, 1.54) is 6.33 Å². The van der Waals surface area contributed by atoms with Crippen LogP contribution in [0.1, 0.15) is 59.1 Å². The van der Waals surface area contributed by atoms with Crippen molar-refractivity contribution in [2.24, 2.45) is 11.8 Å². The molecule has 5 atom stereocenters. The van der Waals surface area contributed by atoms with Gasteiger partial charge in [-0.2, -0.15) is 0 Å². The highest BCUT2D eigenvalue weighted by Gasteiger charge is 2.33. The summed E-state index contributed by atoms with van der Waals surface area (Å²) in [5.41, 5.74) is 0.660. The van der Waals surface area contributed by atoms with E-state index in [9.17, 15) is 24.3 Å². The SMILES string of the molecule is CCC(C)C(NC(=O)C(CC(C)C)NC(=O)C(Cc1cnc[nH]1)NC(=O)C1CCCN1)C(=O)O. The molecule has 2 rings (SSSR count). The minimum absolute atomic E-state index is 0.0614. The summed E-state index contributed by atoms with van der Waals surface area (Å²) >= 11 is 0. The maximum absolute atomic E-state index is 13.2. The van der Waals surface area contributed by atoms with Gasteiger partial charge in [0, 0.05) is 18.3 Å². The van der Waals surface area contributed by atoms with Crippen LogP contribution in [0.4, 0.5) is 0 Å². The fraction of sp³-hybridized carbons (Fsp3) is 0.696. The number of imidazole rings is 1. The number of H-pyrrole nitrogens is 1. The van der Waals surface area contributed by atoms with Crippen molar-refractivity contribution in [1.82, 2.24) is 31.2 Å². The number of carbonyl (C=O) groups excluding carboxylic acids is 3. The average Bonchev–Trinajstić information content (AvgIpc) is 3.49. The summed E-state index contributed by atoms with van der Waals surface area (Å²) in [6, 6.07) is -3.29. The second kappa shape index (κ2) is 13.1. The Morgan fingerprint density at radius 1 is 1.12 bits per heavy atom. The van der Waals surface area contributed by atoms with Crippen molar-refractivity contribution >= 4 is 23.7 Å². The highest BCUT2D eigenvalue weighted by molar-refractivity contribution is 5.94. The molecule has 11 heteroatoms. The fourth-order valence-corrected chi connectivity index (χ4v) is 3.92. The molecule has 34 heavy (non-hydrogen) atoms. The van der Waals surface area contributed by atoms with E-state index in [0.29, 0.717) is 25.0 Å². The highest BCUT2D eigenvalue weighted by atomic mass is 16.4. The van der Waals surface area contributed by atoms with Crippen molar-refractivity contribution in [3.8, 4) is 0 Å². The Labute approximate surface area is 200 Å². The number of carboxylic acids is 1. The molecule has 1 aromatic heterocycles. The average molecular weight is 479 g/mol. The molecule has 0 saturated carbocycles. The molecule has 0 bridgehead atoms. The summed E-state index contributed by atoms with van der Waals surface area (Å²) in [6.45, 7) is 8.16. The highest BCUT2D eigenvalue weighted by Crippen LogP contribution is 2.12. The third kappa shape index (κ3) is 8.12. The molecule has 1 fully saturated rings. The number of aliphatic carboxylic acids is 1. The molecule has 0 aromatic carbocycles. The predicted octanol–water partition coefficient (Wildman–Crippen LogP) is 0.335. The Bertz CT molecular complexity index is 822. The number of aromatic nitrogens is 2. The molecule has 190 valence electrons. The van der Waals surface area contributed by atoms with Crippen molar-refractivity contribution in [2.75, 3.05) is 6.54 Å². The van der Waals surface area contributed by atoms with E-state index < -0.39 is 35.9 Å². The van der Waals surface area contributed by atoms with Gasteiger partial charge < -0.3 is 31.4 Å². The maximum atomic E-state index is 13.2. The Kier molecular flexibility index (Phi) is 10.5. The van der Waals surface area contributed by atoms with Crippen molar-refractivity contribution in [1.29, 1.82) is 0 Å². The largest absolute Gasteiger partial charge is 0.480 e. The minimum Gasteiger partial charge on any atom is -0.480 e. The first-order valence-corrected chi connectivity index (χ1v) is 12.0. The van der Waals surface area contributed by atoms with Gasteiger partial charge in [-0.3, -0.25) is 14.4 Å². The summed E-state index contributed by atoms with van der Waals surface area (Å²) in [5.74, 6) is -2.68. The first-order chi connectivity index (χ1) is 16.1. The monoisotopic (exact) mass is 478 g/mol. The normalized spacial score (nSPS) is 19.1. The van der Waals surface area contributed by atoms with Crippen LogP contribution in [0.3, 0.4) is 0 Å². The number of hydrogen-bond acceptors (Lipinski definition) is 6. The van der Waals surface area contributed by atoms with E-state index >= 15 is 0 Å². The lowest BCUT2D eigenvalue weighted by molar-refractivity contribution is -0.144. The Balaban J connectivity index is 2.16. The van der Waals surface area contributed by atoms with Crippen LogP contribution in [-0.2, 0) is 25.6 Å². The second-order valence-corrected chi connectivity index (χ2v) is 9.39. The van der Waals surface area contributed by atoms with E-state index in [0.717, 1.165) is 13.0 Å². The number of amides is 3. The molecule has 1 saturated heterocycles. The fourth-order valence-electron chi connectivity index (χ4n) is 3.92. The molecule has 1 aromatic rings. The zero-order valence-electron chi connectivity index (χ0n) is 20.4. The van der Waals surface area contributed by atoms with Gasteiger partial charge in [-0.25, -0.2) is 9.78 Å². The van der Waals surface area contributed by atoms with Crippen molar-refractivity contribution in [3.05, 3.63) is 18.2 Å². The van der Waals surface area contributed by atoms with Crippen LogP contribution in [0.25, 0.3) is 0 Å². The molecule has 0 aliphatic carbocycles. The van der Waals surface area contributed by atoms with Crippen LogP contribution < -0.4 is 21.3 Å². The van der Waals surface area contributed by atoms with Crippen LogP contribution in [0, 0.1) is 11.8 Å². The molecular weight excluding hydrogens is 440 g/mol. The molecule has 6 N–H and O–H groups in total. The third-order valence-corrected chi connectivity index (χ3v) is 6.11. The number of hydrogen-bond donors (Lipinski definition) is 6. The number of carbonyl (C=O) groups is 4. The molecule has 5 unspecified atom stereocenters. The standard InChI is InChI=1S/C23H38N6O5/c1-5-14(4)19(23(33)34)29-22(32)17(9-13(2)3)27-21(31)18(10-15-11-24-12-26-15)28-20(30)16-7-6-8-25-16/h11-14,16-19,25H,5-10H2,1-4H3,(H,24,26)(H,27,31)(H,28,30)(H,29,32)(H,33,34). The Morgan fingerprint density at radius 2 is 1.82 bits per heavy atom. The number of nitrogens with zero attached hydrogens (tertiary/aromatic N) is 1. The maximum Gasteiger partial charge on any atom is 0.326 e. The lowest BCUT2D eigenvalue weighted by atomic mass is 9.97. The van der Waals surface area contributed by atoms with E-state index in [-0.39, 0.29) is 30.2 Å². The van der Waals surface area contributed by atoms with E-state index in [2.05, 4.69) is 31.2 Å². The summed E-state index contributed by atoms with van der Waals surface area (Å²) in [4.78, 5) is 57.5. The summed E-state index contributed by atoms with van der Waals surface area (Å²) in [5, 5.41) is 20.8. The second-order valence-electron chi connectivity index (χ2n) is 9.39. The number of aromatic amines is 1. The lowest BCUT2D eigenvalue weighted by Crippen LogP contribution is -2.58. The zero-order valence-corrected chi connectivity index (χ0v) is 20.4. The molecule has 0 radical (unpaired) electrons. The van der Waals surface area contributed by atoms with Gasteiger partial charge in [-0.15, -0.1) is 0 Å². The van der Waals surface area contributed by atoms with E-state index in [4.69, 9.17) is 0 Å². The molecule has 3 amide bonds. The van der Waals surface area contributed by atoms with Gasteiger partial charge in [-0.1, -0.05) is 34.1 Å². The van der Waals surface area contributed by atoms with Gasteiger partial charge in [0.05, 0.1) is 12.4 Å². The molecule has 1 aliphatic rings. The Hall–Kier alpha value is -2.95. The quantitative estimate of drug-likeness (QED) is 0.238. The van der Waals surface area contributed by atoms with Gasteiger partial charge >= 0.3 is 5.97 Å². The van der Waals surface area contributed by atoms with Crippen molar-refractivity contribution in [2.45, 2.75) is 84.0 Å². The van der Waals surface area contributed by atoms with E-state index in [1.54, 1.807) is 13.1 Å². The van der Waals surface area contributed by atoms with Gasteiger partial charge in [-0.05, 0) is 37.6 Å². The van der Waals surface area contributed by atoms with Crippen molar-refractivity contribution in [3.63, 3.8) is 0 Å². The summed E-state index contributed by atoms with van der Waals surface area (Å²) in [6.07, 6.45) is 5.70. The van der Waals surface area contributed by atoms with Gasteiger partial charge in [0.2, 0.25) is 17.7 Å². The molecule has 1 aliphatic heterocycles. The molecule has 2 heterocycles. The first kappa shape index (κ1) is 27.3. The molecule has 11 nitrogen and oxygen atoms in total. The van der Waals surface area contributed by atoms with Crippen molar-refractivity contribution < 1.29 is 24.3 Å². The van der Waals surface area contributed by atoms with Crippen LogP contribution in [0.5, 0.6) is 0 Å². The minimum atomic E-state index is -1.12. The Morgan fingerprint density at radius 3 is 2.35 bits per heavy atom. The predicted molar refractivity (Wildman–Crippen MR) is 126 cm³/mol. The topological polar surface area (TPSA) is 165 Å². The first-order valence-electron chi connectivity index (χ1n) is 12.0. The zero-order chi connectivity index (χ0) is 25.3. The van der Waals surface area contributed by atoms with Crippen LogP contribution in [0.15, 0.2) is 12.5 Å². The lowest BCUT2D eigenvalue weighted by Gasteiger charge is -2.27. The number of carboxylic acid groups (broad SMARTS) is 1. The van der Waals surface area contributed by atoms with Crippen LogP contribution in [-0.4, -0.2) is 69.5 Å². The van der Waals surface area contributed by atoms with Gasteiger partial charge in [0.15, 0.2) is 0 Å². The van der Waals surface area contributed by atoms with Gasteiger partial charge in [0.1, 0.15) is 18.1 Å².